The Hall–Kier alpha value is -5.36. The third-order valence-corrected chi connectivity index (χ3v) is 10.3. The van der Waals surface area contributed by atoms with Gasteiger partial charge in [0.1, 0.15) is 23.1 Å². The van der Waals surface area contributed by atoms with Gasteiger partial charge in [-0.2, -0.15) is 5.10 Å². The van der Waals surface area contributed by atoms with Crippen LogP contribution in [0.25, 0.3) is 44.4 Å². The molecule has 0 aliphatic heterocycles. The fourth-order valence-corrected chi connectivity index (χ4v) is 7.43. The van der Waals surface area contributed by atoms with Gasteiger partial charge in [0.2, 0.25) is 0 Å². The number of aryl methyl sites for hydroxylation is 2. The van der Waals surface area contributed by atoms with Crippen LogP contribution < -0.4 is 9.47 Å². The molecule has 7 rings (SSSR count). The number of nitrogens with zero attached hydrogens (tertiary/aromatic N) is 4. The zero-order valence-corrected chi connectivity index (χ0v) is 30.0. The molecule has 4 aromatic carbocycles. The smallest absolute Gasteiger partial charge is 0.141 e. The Morgan fingerprint density at radius 3 is 2.10 bits per heavy atom. The molecule has 0 fully saturated rings. The van der Waals surface area contributed by atoms with Gasteiger partial charge in [0, 0.05) is 46.4 Å². The number of hydrogen-bond acceptors (Lipinski definition) is 4. The molecule has 49 heavy (non-hydrogen) atoms. The summed E-state index contributed by atoms with van der Waals surface area (Å²) in [6, 6.07) is 25.1. The Balaban J connectivity index is 1.34. The molecule has 248 valence electrons. The first-order chi connectivity index (χ1) is 23.6. The molecular weight excluding hydrogens is 604 g/mol. The number of rotatable bonds is 8. The van der Waals surface area contributed by atoms with Crippen LogP contribution in [0.2, 0.25) is 0 Å². The molecule has 6 nitrogen and oxygen atoms in total. The molecule has 3 heterocycles. The van der Waals surface area contributed by atoms with Crippen molar-refractivity contribution in [3.05, 3.63) is 124 Å². The molecule has 0 saturated heterocycles. The topological polar surface area (TPSA) is 54.1 Å². The molecule has 0 radical (unpaired) electrons. The van der Waals surface area contributed by atoms with Crippen LogP contribution in [0.5, 0.6) is 17.2 Å². The van der Waals surface area contributed by atoms with Gasteiger partial charge in [0.05, 0.1) is 29.5 Å². The summed E-state index contributed by atoms with van der Waals surface area (Å²) in [7, 11) is 1.68. The highest BCUT2D eigenvalue weighted by molar-refractivity contribution is 6.09. The molecule has 0 spiro atoms. The monoisotopic (exact) mass is 648 g/mol. The summed E-state index contributed by atoms with van der Waals surface area (Å²) in [4.78, 5) is 4.72. The molecule has 0 N–H and O–H groups in total. The van der Waals surface area contributed by atoms with E-state index in [0.717, 1.165) is 74.8 Å². The maximum Gasteiger partial charge on any atom is 0.141 e. The van der Waals surface area contributed by atoms with E-state index in [1.807, 2.05) is 12.1 Å². The highest BCUT2D eigenvalue weighted by Crippen LogP contribution is 2.39. The predicted molar refractivity (Wildman–Crippen MR) is 201 cm³/mol. The van der Waals surface area contributed by atoms with E-state index < -0.39 is 0 Å². The first kappa shape index (κ1) is 32.2. The molecule has 6 heteroatoms. The van der Waals surface area contributed by atoms with Gasteiger partial charge in [-0.15, -0.1) is 0 Å². The lowest BCUT2D eigenvalue weighted by Crippen LogP contribution is -2.03. The lowest BCUT2D eigenvalue weighted by atomic mass is 9.85. The Bertz CT molecular complexity index is 2370. The zero-order valence-electron chi connectivity index (χ0n) is 30.0. The molecule has 0 aliphatic rings. The summed E-state index contributed by atoms with van der Waals surface area (Å²) in [6.07, 6.45) is 3.76. The standard InChI is InChI=1S/C43H44N4O2/c1-10-13-32-20-33(47-31(8)43(30(7)45-47)42-28(5)26(3)25(2)27(4)29(42)6)22-36(21-32)49-35-16-17-38-37-14-11-12-15-39(37)46(40(38)23-35)41-24-34(48-9)18-19-44-41/h11-12,14-24H,10,13H2,1-9H3. The van der Waals surface area contributed by atoms with Crippen molar-refractivity contribution in [2.75, 3.05) is 7.11 Å². The van der Waals surface area contributed by atoms with E-state index >= 15 is 0 Å². The molecule has 0 unspecified atom stereocenters. The van der Waals surface area contributed by atoms with E-state index in [0.29, 0.717) is 0 Å². The molecule has 0 aliphatic carbocycles. The van der Waals surface area contributed by atoms with Gasteiger partial charge >= 0.3 is 0 Å². The Kier molecular flexibility index (Phi) is 8.27. The van der Waals surface area contributed by atoms with Gasteiger partial charge in [-0.1, -0.05) is 31.5 Å². The molecule has 3 aromatic heterocycles. The first-order valence-corrected chi connectivity index (χ1v) is 17.1. The highest BCUT2D eigenvalue weighted by Gasteiger charge is 2.22. The number of methoxy groups -OCH3 is 1. The van der Waals surface area contributed by atoms with Crippen LogP contribution in [0.4, 0.5) is 0 Å². The number of benzene rings is 4. The lowest BCUT2D eigenvalue weighted by Gasteiger charge is -2.19. The fraction of sp³-hybridized carbons (Fsp3) is 0.256. The summed E-state index contributed by atoms with van der Waals surface area (Å²) in [5.41, 5.74) is 15.7. The van der Waals surface area contributed by atoms with E-state index in [1.165, 1.54) is 44.5 Å². The van der Waals surface area contributed by atoms with E-state index in [2.05, 4.69) is 125 Å². The van der Waals surface area contributed by atoms with Crippen molar-refractivity contribution in [1.82, 2.24) is 19.3 Å². The van der Waals surface area contributed by atoms with Crippen molar-refractivity contribution in [3.8, 4) is 39.9 Å². The van der Waals surface area contributed by atoms with E-state index in [9.17, 15) is 0 Å². The highest BCUT2D eigenvalue weighted by atomic mass is 16.5. The molecule has 7 aromatic rings. The second-order valence-corrected chi connectivity index (χ2v) is 13.2. The largest absolute Gasteiger partial charge is 0.497 e. The van der Waals surface area contributed by atoms with E-state index in [4.69, 9.17) is 19.6 Å². The summed E-state index contributed by atoms with van der Waals surface area (Å²) in [6.45, 7) is 17.7. The number of aromatic nitrogens is 4. The maximum atomic E-state index is 6.71. The van der Waals surface area contributed by atoms with Crippen LogP contribution in [-0.2, 0) is 6.42 Å². The molecule has 0 saturated carbocycles. The predicted octanol–water partition coefficient (Wildman–Crippen LogP) is 10.9. The van der Waals surface area contributed by atoms with Crippen LogP contribution in [-0.4, -0.2) is 26.4 Å². The van der Waals surface area contributed by atoms with Gasteiger partial charge in [0.25, 0.3) is 0 Å². The average molecular weight is 649 g/mol. The number of fused-ring (bicyclic) bond motifs is 3. The number of pyridine rings is 1. The van der Waals surface area contributed by atoms with Gasteiger partial charge in [0.15, 0.2) is 0 Å². The second-order valence-electron chi connectivity index (χ2n) is 13.2. The summed E-state index contributed by atoms with van der Waals surface area (Å²) in [5, 5.41) is 7.43. The van der Waals surface area contributed by atoms with Crippen molar-refractivity contribution >= 4 is 21.8 Å². The Labute approximate surface area is 289 Å². The lowest BCUT2D eigenvalue weighted by molar-refractivity contribution is 0.414. The van der Waals surface area contributed by atoms with Gasteiger partial charge in [-0.3, -0.25) is 4.57 Å². The zero-order chi connectivity index (χ0) is 34.6. The Morgan fingerprint density at radius 2 is 1.37 bits per heavy atom. The second kappa shape index (κ2) is 12.6. The van der Waals surface area contributed by atoms with Crippen molar-refractivity contribution in [3.63, 3.8) is 0 Å². The van der Waals surface area contributed by atoms with E-state index in [1.54, 1.807) is 13.3 Å². The quantitative estimate of drug-likeness (QED) is 0.165. The Morgan fingerprint density at radius 1 is 0.653 bits per heavy atom. The normalized spacial score (nSPS) is 11.5. The minimum atomic E-state index is 0.755. The molecular formula is C43H44N4O2. The van der Waals surface area contributed by atoms with Crippen molar-refractivity contribution in [2.45, 2.75) is 68.2 Å². The fourth-order valence-electron chi connectivity index (χ4n) is 7.43. The van der Waals surface area contributed by atoms with Crippen LogP contribution in [0, 0.1) is 48.5 Å². The summed E-state index contributed by atoms with van der Waals surface area (Å²) < 4.78 is 16.5. The van der Waals surface area contributed by atoms with Gasteiger partial charge in [-0.05, 0) is 130 Å². The number of ether oxygens (including phenoxy) is 2. The van der Waals surface area contributed by atoms with Crippen LogP contribution in [0.1, 0.15) is 58.1 Å². The summed E-state index contributed by atoms with van der Waals surface area (Å²) >= 11 is 0. The first-order valence-electron chi connectivity index (χ1n) is 17.1. The minimum absolute atomic E-state index is 0.755. The van der Waals surface area contributed by atoms with Crippen molar-refractivity contribution < 1.29 is 9.47 Å². The SMILES string of the molecule is CCCc1cc(Oc2ccc3c4ccccc4n(-c4cc(OC)ccn4)c3c2)cc(-n2nc(C)c(-c3c(C)c(C)c(C)c(C)c3C)c2C)c1. The van der Waals surface area contributed by atoms with Crippen molar-refractivity contribution in [1.29, 1.82) is 0 Å². The molecule has 0 atom stereocenters. The third kappa shape index (κ3) is 5.45. The van der Waals surface area contributed by atoms with Gasteiger partial charge < -0.3 is 9.47 Å². The van der Waals surface area contributed by atoms with E-state index in [-0.39, 0.29) is 0 Å². The number of para-hydroxylation sites is 1. The van der Waals surface area contributed by atoms with Crippen LogP contribution >= 0.6 is 0 Å². The number of hydrogen-bond donors (Lipinski definition) is 0. The maximum absolute atomic E-state index is 6.71. The molecule has 0 amide bonds. The average Bonchev–Trinajstić information content (AvgIpc) is 3.59. The van der Waals surface area contributed by atoms with Crippen molar-refractivity contribution in [2.24, 2.45) is 0 Å². The minimum Gasteiger partial charge on any atom is -0.497 e. The van der Waals surface area contributed by atoms with Gasteiger partial charge in [-0.25, -0.2) is 9.67 Å². The molecule has 0 bridgehead atoms. The van der Waals surface area contributed by atoms with Crippen LogP contribution in [0.15, 0.2) is 79.0 Å². The summed E-state index contributed by atoms with van der Waals surface area (Å²) in [5.74, 6) is 3.09. The van der Waals surface area contributed by atoms with Crippen LogP contribution in [0.3, 0.4) is 0 Å². The third-order valence-electron chi connectivity index (χ3n) is 10.3.